The van der Waals surface area contributed by atoms with Crippen molar-refractivity contribution in [2.45, 2.75) is 96.4 Å². The molecule has 1 rings (SSSR count). The van der Waals surface area contributed by atoms with Crippen molar-refractivity contribution in [3.63, 3.8) is 0 Å². The van der Waals surface area contributed by atoms with Gasteiger partial charge in [0.15, 0.2) is 0 Å². The van der Waals surface area contributed by atoms with Crippen LogP contribution in [0.25, 0.3) is 0 Å². The Bertz CT molecular complexity index is 150. The molecule has 1 fully saturated rings. The molecule has 1 aliphatic heterocycles. The van der Waals surface area contributed by atoms with Crippen molar-refractivity contribution < 1.29 is 0 Å². The maximum Gasteiger partial charge on any atom is 0.0246 e. The van der Waals surface area contributed by atoms with Crippen LogP contribution < -0.4 is 5.32 Å². The number of hydrogen-bond acceptors (Lipinski definition) is 0. The van der Waals surface area contributed by atoms with Gasteiger partial charge in [-0.1, -0.05) is 71.1 Å². The summed E-state index contributed by atoms with van der Waals surface area (Å²) in [5.41, 5.74) is 0. The van der Waals surface area contributed by atoms with E-state index in [1.54, 1.807) is 0 Å². The Morgan fingerprint density at radius 3 is 1.94 bits per heavy atom. The third-order valence-electron chi connectivity index (χ3n) is 3.97. The average Bonchev–Trinajstić information content (AvgIpc) is 2.85. The van der Waals surface area contributed by atoms with Crippen molar-refractivity contribution in [3.05, 3.63) is 0 Å². The smallest absolute Gasteiger partial charge is 0.0246 e. The minimum atomic E-state index is 0.740. The molecule has 0 amide bonds. The van der Waals surface area contributed by atoms with Gasteiger partial charge in [0.05, 0.1) is 0 Å². The first-order valence-corrected chi connectivity index (χ1v) is 8.10. The molecule has 0 aromatic carbocycles. The lowest BCUT2D eigenvalue weighted by atomic mass is 10.0. The normalized spacial score (nSPS) is 19.9. The monoisotopic (exact) mass is 238 g/mol. The number of rotatable bonds is 11. The molecule has 0 aromatic heterocycles. The predicted molar refractivity (Wildman–Crippen MR) is 76.5 cm³/mol. The molecule has 0 spiro atoms. The molecule has 17 heavy (non-hydrogen) atoms. The summed E-state index contributed by atoms with van der Waals surface area (Å²) >= 11 is 0. The minimum absolute atomic E-state index is 0.740. The average molecular weight is 238 g/mol. The fraction of sp³-hybridized carbons (Fsp3) is 1.00. The molecule has 1 unspecified atom stereocenters. The van der Waals surface area contributed by atoms with E-state index in [9.17, 15) is 0 Å². The molecule has 1 nitrogen and oxygen atoms in total. The van der Waals surface area contributed by atoms with Crippen LogP contribution in [0, 0.1) is 0 Å². The quantitative estimate of drug-likeness (QED) is 0.446. The molecule has 1 heteroatoms. The fourth-order valence-corrected chi connectivity index (χ4v) is 2.80. The summed E-state index contributed by atoms with van der Waals surface area (Å²) in [6, 6.07) is 0.740. The third-order valence-corrected chi connectivity index (χ3v) is 3.97. The second kappa shape index (κ2) is 11.1. The van der Waals surface area contributed by atoms with E-state index in [1.807, 2.05) is 0 Å². The first-order valence-electron chi connectivity index (χ1n) is 8.10. The van der Waals surface area contributed by atoms with Crippen LogP contribution >= 0.6 is 0 Å². The van der Waals surface area contributed by atoms with Crippen molar-refractivity contribution >= 4 is 0 Å². The predicted octanol–water partition coefficient (Wildman–Crippen LogP) is 5.06. The second-order valence-corrected chi connectivity index (χ2v) is 5.67. The molecule has 101 valence electrons. The standard InChI is InChI=1S/C16H32N/c1-2-3-4-5-6-7-8-9-10-11-13-16-14-12-15-17-16/h16H,2-15H2,1H3. The van der Waals surface area contributed by atoms with Gasteiger partial charge in [0.25, 0.3) is 0 Å². The number of hydrogen-bond donors (Lipinski definition) is 0. The van der Waals surface area contributed by atoms with Crippen LogP contribution in [0.2, 0.25) is 0 Å². The van der Waals surface area contributed by atoms with Gasteiger partial charge in [0.1, 0.15) is 0 Å². The summed E-state index contributed by atoms with van der Waals surface area (Å²) < 4.78 is 0. The van der Waals surface area contributed by atoms with Gasteiger partial charge in [-0.15, -0.1) is 0 Å². The van der Waals surface area contributed by atoms with Crippen molar-refractivity contribution in [1.82, 2.24) is 5.32 Å². The van der Waals surface area contributed by atoms with Gasteiger partial charge in [0, 0.05) is 12.6 Å². The van der Waals surface area contributed by atoms with Gasteiger partial charge in [-0.3, -0.25) is 0 Å². The summed E-state index contributed by atoms with van der Waals surface area (Å²) in [4.78, 5) is 0. The molecule has 0 aromatic rings. The Balaban J connectivity index is 1.69. The largest absolute Gasteiger partial charge is 0.238 e. The zero-order valence-electron chi connectivity index (χ0n) is 11.9. The molecule has 0 N–H and O–H groups in total. The van der Waals surface area contributed by atoms with E-state index in [2.05, 4.69) is 12.2 Å². The topological polar surface area (TPSA) is 14.1 Å². The summed E-state index contributed by atoms with van der Waals surface area (Å²) in [6.45, 7) is 3.43. The lowest BCUT2D eigenvalue weighted by molar-refractivity contribution is 0.494. The Labute approximate surface area is 109 Å². The van der Waals surface area contributed by atoms with Crippen LogP contribution in [0.3, 0.4) is 0 Å². The highest BCUT2D eigenvalue weighted by molar-refractivity contribution is 4.73. The Hall–Kier alpha value is -0.0400. The van der Waals surface area contributed by atoms with Gasteiger partial charge in [0.2, 0.25) is 0 Å². The number of unbranched alkanes of at least 4 members (excludes halogenated alkanes) is 9. The molecule has 0 bridgehead atoms. The van der Waals surface area contributed by atoms with Gasteiger partial charge in [-0.05, 0) is 19.3 Å². The SMILES string of the molecule is CCCCCCCCCCCCC1CCC[N]1. The van der Waals surface area contributed by atoms with E-state index in [0.29, 0.717) is 0 Å². The summed E-state index contributed by atoms with van der Waals surface area (Å²) in [5.74, 6) is 0. The third kappa shape index (κ3) is 8.65. The Morgan fingerprint density at radius 1 is 0.824 bits per heavy atom. The zero-order chi connectivity index (χ0) is 12.2. The van der Waals surface area contributed by atoms with Gasteiger partial charge >= 0.3 is 0 Å². The summed E-state index contributed by atoms with van der Waals surface area (Å²) in [6.07, 6.45) is 18.6. The van der Waals surface area contributed by atoms with Crippen LogP contribution in [0.15, 0.2) is 0 Å². The van der Waals surface area contributed by atoms with Gasteiger partial charge in [-0.2, -0.15) is 0 Å². The number of nitrogens with zero attached hydrogens (tertiary/aromatic N) is 1. The van der Waals surface area contributed by atoms with Crippen molar-refractivity contribution in [3.8, 4) is 0 Å². The van der Waals surface area contributed by atoms with Gasteiger partial charge < -0.3 is 0 Å². The van der Waals surface area contributed by atoms with Crippen LogP contribution in [-0.4, -0.2) is 12.6 Å². The second-order valence-electron chi connectivity index (χ2n) is 5.67. The fourth-order valence-electron chi connectivity index (χ4n) is 2.80. The highest BCUT2D eigenvalue weighted by atomic mass is 14.9. The highest BCUT2D eigenvalue weighted by Gasteiger charge is 2.14. The first-order chi connectivity index (χ1) is 8.43. The lowest BCUT2D eigenvalue weighted by Gasteiger charge is -2.07. The lowest BCUT2D eigenvalue weighted by Crippen LogP contribution is -2.13. The Kier molecular flexibility index (Phi) is 9.78. The first kappa shape index (κ1) is 15.0. The maximum atomic E-state index is 4.61. The Morgan fingerprint density at radius 2 is 1.41 bits per heavy atom. The molecule has 1 saturated heterocycles. The highest BCUT2D eigenvalue weighted by Crippen LogP contribution is 2.16. The van der Waals surface area contributed by atoms with Crippen molar-refractivity contribution in [1.29, 1.82) is 0 Å². The van der Waals surface area contributed by atoms with E-state index in [0.717, 1.165) is 12.6 Å². The van der Waals surface area contributed by atoms with Gasteiger partial charge in [-0.25, -0.2) is 5.32 Å². The molecule has 1 atom stereocenters. The van der Waals surface area contributed by atoms with Crippen LogP contribution in [-0.2, 0) is 0 Å². The van der Waals surface area contributed by atoms with Crippen LogP contribution in [0.4, 0.5) is 0 Å². The van der Waals surface area contributed by atoms with Crippen molar-refractivity contribution in [2.75, 3.05) is 6.54 Å². The van der Waals surface area contributed by atoms with E-state index < -0.39 is 0 Å². The summed E-state index contributed by atoms with van der Waals surface area (Å²) in [7, 11) is 0. The molecule has 0 aliphatic carbocycles. The molecule has 1 heterocycles. The van der Waals surface area contributed by atoms with Crippen LogP contribution in [0.1, 0.15) is 90.4 Å². The minimum Gasteiger partial charge on any atom is -0.238 e. The van der Waals surface area contributed by atoms with E-state index in [4.69, 9.17) is 0 Å². The molecule has 0 saturated carbocycles. The zero-order valence-corrected chi connectivity index (χ0v) is 11.9. The molecule has 1 aliphatic rings. The van der Waals surface area contributed by atoms with E-state index in [-0.39, 0.29) is 0 Å². The maximum absolute atomic E-state index is 4.61. The molecular weight excluding hydrogens is 206 g/mol. The van der Waals surface area contributed by atoms with Crippen LogP contribution in [0.5, 0.6) is 0 Å². The summed E-state index contributed by atoms with van der Waals surface area (Å²) in [5, 5.41) is 4.61. The van der Waals surface area contributed by atoms with Crippen molar-refractivity contribution in [2.24, 2.45) is 0 Å². The molecular formula is C16H32N. The molecule has 1 radical (unpaired) electrons. The van der Waals surface area contributed by atoms with E-state index >= 15 is 0 Å². The van der Waals surface area contributed by atoms with E-state index in [1.165, 1.54) is 83.5 Å².